The Morgan fingerprint density at radius 3 is 1.77 bits per heavy atom. The fourth-order valence-electron chi connectivity index (χ4n) is 2.48. The Hall–Kier alpha value is -0.670. The van der Waals surface area contributed by atoms with Gasteiger partial charge < -0.3 is 5.32 Å². The largest absolute Gasteiger partial charge is 0.309 e. The first kappa shape index (κ1) is 19.4. The normalized spacial score (nSPS) is 23.8. The van der Waals surface area contributed by atoms with Crippen molar-refractivity contribution < 1.29 is 16.8 Å². The van der Waals surface area contributed by atoms with Crippen LogP contribution >= 0.6 is 12.4 Å². The minimum atomic E-state index is -3.59. The van der Waals surface area contributed by atoms with Gasteiger partial charge in [0.25, 0.3) is 0 Å². The van der Waals surface area contributed by atoms with E-state index in [2.05, 4.69) is 5.32 Å². The molecule has 2 atom stereocenters. The van der Waals surface area contributed by atoms with Crippen molar-refractivity contribution in [3.8, 4) is 0 Å². The molecule has 0 radical (unpaired) electrons. The summed E-state index contributed by atoms with van der Waals surface area (Å²) in [7, 11) is -6.92. The third-order valence-electron chi connectivity index (χ3n) is 3.41. The van der Waals surface area contributed by atoms with E-state index in [4.69, 9.17) is 0 Å². The van der Waals surface area contributed by atoms with Gasteiger partial charge in [-0.3, -0.25) is 0 Å². The molecule has 0 spiro atoms. The first-order chi connectivity index (χ1) is 9.60. The number of sulfonamides is 1. The molecular weight excluding hydrogens is 348 g/mol. The number of hydrogen-bond acceptors (Lipinski definition) is 5. The topological polar surface area (TPSA) is 83.6 Å². The minimum Gasteiger partial charge on any atom is -0.309 e. The first-order valence-corrected chi connectivity index (χ1v) is 10.00. The lowest BCUT2D eigenvalue weighted by Crippen LogP contribution is -2.55. The summed E-state index contributed by atoms with van der Waals surface area (Å²) in [5, 5.41) is 3.28. The fraction of sp³-hybridized carbons (Fsp3) is 0.538. The highest BCUT2D eigenvalue weighted by Gasteiger charge is 2.31. The molecular formula is C13H21ClN2O4S2. The number of rotatable bonds is 3. The van der Waals surface area contributed by atoms with Gasteiger partial charge in [-0.15, -0.1) is 12.4 Å². The van der Waals surface area contributed by atoms with Crippen molar-refractivity contribution in [1.29, 1.82) is 0 Å². The van der Waals surface area contributed by atoms with Crippen LogP contribution in [-0.2, 0) is 19.9 Å². The summed E-state index contributed by atoms with van der Waals surface area (Å²) in [6, 6.07) is 5.53. The van der Waals surface area contributed by atoms with Gasteiger partial charge in [0.2, 0.25) is 10.0 Å². The van der Waals surface area contributed by atoms with Crippen LogP contribution in [0.5, 0.6) is 0 Å². The van der Waals surface area contributed by atoms with Crippen molar-refractivity contribution in [3.05, 3.63) is 24.3 Å². The molecule has 1 N–H and O–H groups in total. The summed E-state index contributed by atoms with van der Waals surface area (Å²) >= 11 is 0. The molecule has 1 aromatic rings. The van der Waals surface area contributed by atoms with Crippen molar-refractivity contribution in [1.82, 2.24) is 9.62 Å². The van der Waals surface area contributed by atoms with Crippen LogP contribution in [0.1, 0.15) is 13.8 Å². The zero-order chi connectivity index (χ0) is 15.8. The Balaban J connectivity index is 0.00000242. The number of nitrogens with zero attached hydrogens (tertiary/aromatic N) is 1. The lowest BCUT2D eigenvalue weighted by atomic mass is 10.2. The SMILES string of the molecule is CC1CN(S(=O)(=O)c2ccc(S(C)(=O)=O)cc2)CC(C)N1.Cl. The van der Waals surface area contributed by atoms with Gasteiger partial charge in [-0.05, 0) is 38.1 Å². The smallest absolute Gasteiger partial charge is 0.243 e. The lowest BCUT2D eigenvalue weighted by Gasteiger charge is -2.35. The molecule has 0 saturated carbocycles. The molecule has 1 aliphatic rings. The number of piperazine rings is 1. The van der Waals surface area contributed by atoms with Crippen LogP contribution in [0.15, 0.2) is 34.1 Å². The van der Waals surface area contributed by atoms with Gasteiger partial charge in [0.15, 0.2) is 9.84 Å². The van der Waals surface area contributed by atoms with Crippen molar-refractivity contribution in [3.63, 3.8) is 0 Å². The minimum absolute atomic E-state index is 0. The molecule has 1 saturated heterocycles. The summed E-state index contributed by atoms with van der Waals surface area (Å²) in [4.78, 5) is 0.236. The number of hydrogen-bond donors (Lipinski definition) is 1. The van der Waals surface area contributed by atoms with Crippen molar-refractivity contribution in [2.75, 3.05) is 19.3 Å². The summed E-state index contributed by atoms with van der Waals surface area (Å²) in [5.41, 5.74) is 0. The third kappa shape index (κ3) is 4.20. The van der Waals surface area contributed by atoms with E-state index in [0.717, 1.165) is 6.26 Å². The highest BCUT2D eigenvalue weighted by atomic mass is 35.5. The molecule has 0 amide bonds. The molecule has 9 heteroatoms. The molecule has 0 aliphatic carbocycles. The van der Waals surface area contributed by atoms with Crippen LogP contribution in [-0.4, -0.2) is 52.6 Å². The molecule has 6 nitrogen and oxygen atoms in total. The molecule has 0 bridgehead atoms. The standard InChI is InChI=1S/C13H20N2O4S2.ClH/c1-10-8-15(9-11(2)14-10)21(18,19)13-6-4-12(5-7-13)20(3,16)17;/h4-7,10-11,14H,8-9H2,1-3H3;1H. The van der Waals surface area contributed by atoms with Crippen molar-refractivity contribution >= 4 is 32.3 Å². The Morgan fingerprint density at radius 2 is 1.36 bits per heavy atom. The zero-order valence-electron chi connectivity index (χ0n) is 12.7. The number of halogens is 1. The maximum absolute atomic E-state index is 12.6. The van der Waals surface area contributed by atoms with Gasteiger partial charge in [-0.1, -0.05) is 0 Å². The summed E-state index contributed by atoms with van der Waals surface area (Å²) < 4.78 is 49.4. The second-order valence-corrected chi connectivity index (χ2v) is 9.49. The van der Waals surface area contributed by atoms with E-state index < -0.39 is 19.9 Å². The molecule has 1 heterocycles. The quantitative estimate of drug-likeness (QED) is 0.856. The average molecular weight is 369 g/mol. The average Bonchev–Trinajstić information content (AvgIpc) is 2.36. The highest BCUT2D eigenvalue weighted by molar-refractivity contribution is 7.90. The molecule has 1 fully saturated rings. The van der Waals surface area contributed by atoms with Crippen LogP contribution in [0, 0.1) is 0 Å². The van der Waals surface area contributed by atoms with Gasteiger partial charge >= 0.3 is 0 Å². The van der Waals surface area contributed by atoms with Gasteiger partial charge in [-0.2, -0.15) is 4.31 Å². The third-order valence-corrected chi connectivity index (χ3v) is 6.39. The molecule has 1 aromatic carbocycles. The van der Waals surface area contributed by atoms with Crippen LogP contribution in [0.4, 0.5) is 0 Å². The van der Waals surface area contributed by atoms with Gasteiger partial charge in [0.05, 0.1) is 9.79 Å². The van der Waals surface area contributed by atoms with E-state index in [1.165, 1.54) is 28.6 Å². The summed E-state index contributed by atoms with van der Waals surface area (Å²) in [5.74, 6) is 0. The molecule has 126 valence electrons. The van der Waals surface area contributed by atoms with E-state index in [1.807, 2.05) is 13.8 Å². The maximum Gasteiger partial charge on any atom is 0.243 e. The second kappa shape index (κ2) is 6.84. The number of nitrogens with one attached hydrogen (secondary N) is 1. The molecule has 1 aliphatic heterocycles. The van der Waals surface area contributed by atoms with Gasteiger partial charge in [0, 0.05) is 31.4 Å². The van der Waals surface area contributed by atoms with Crippen LogP contribution in [0.25, 0.3) is 0 Å². The van der Waals surface area contributed by atoms with Crippen molar-refractivity contribution in [2.45, 2.75) is 35.7 Å². The van der Waals surface area contributed by atoms with E-state index in [1.54, 1.807) is 0 Å². The molecule has 2 rings (SSSR count). The van der Waals surface area contributed by atoms with E-state index in [9.17, 15) is 16.8 Å². The Morgan fingerprint density at radius 1 is 0.955 bits per heavy atom. The van der Waals surface area contributed by atoms with Crippen LogP contribution in [0.3, 0.4) is 0 Å². The number of sulfone groups is 1. The maximum atomic E-state index is 12.6. The van der Waals surface area contributed by atoms with E-state index >= 15 is 0 Å². The van der Waals surface area contributed by atoms with E-state index in [-0.39, 0.29) is 34.3 Å². The molecule has 0 aromatic heterocycles. The van der Waals surface area contributed by atoms with Crippen LogP contribution < -0.4 is 5.32 Å². The first-order valence-electron chi connectivity index (χ1n) is 6.67. The zero-order valence-corrected chi connectivity index (χ0v) is 15.1. The predicted octanol–water partition coefficient (Wildman–Crippen LogP) is 0.883. The van der Waals surface area contributed by atoms with E-state index in [0.29, 0.717) is 13.1 Å². The Kier molecular flexibility index (Phi) is 6.02. The molecule has 2 unspecified atom stereocenters. The monoisotopic (exact) mass is 368 g/mol. The Bertz CT molecular complexity index is 707. The van der Waals surface area contributed by atoms with Gasteiger partial charge in [-0.25, -0.2) is 16.8 Å². The predicted molar refractivity (Wildman–Crippen MR) is 87.6 cm³/mol. The second-order valence-electron chi connectivity index (χ2n) is 5.53. The fourth-order valence-corrected chi connectivity index (χ4v) is 4.73. The van der Waals surface area contributed by atoms with Gasteiger partial charge in [0.1, 0.15) is 0 Å². The highest BCUT2D eigenvalue weighted by Crippen LogP contribution is 2.20. The lowest BCUT2D eigenvalue weighted by molar-refractivity contribution is 0.263. The summed E-state index contributed by atoms with van der Waals surface area (Å²) in [6.45, 7) is 4.68. The Labute approximate surface area is 138 Å². The molecule has 22 heavy (non-hydrogen) atoms. The number of benzene rings is 1. The summed E-state index contributed by atoms with van der Waals surface area (Å²) in [6.07, 6.45) is 1.09. The van der Waals surface area contributed by atoms with Crippen molar-refractivity contribution in [2.24, 2.45) is 0 Å². The van der Waals surface area contributed by atoms with Crippen LogP contribution in [0.2, 0.25) is 0 Å².